The molecule has 0 saturated carbocycles. The smallest absolute Gasteiger partial charge is 0.409 e. The molecule has 1 aromatic heterocycles. The Labute approximate surface area is 148 Å². The van der Waals surface area contributed by atoms with Gasteiger partial charge in [-0.25, -0.2) is 14.8 Å². The minimum Gasteiger partial charge on any atom is -0.450 e. The third-order valence-electron chi connectivity index (χ3n) is 4.05. The fraction of sp³-hybridized carbons (Fsp3) is 0.647. The monoisotopic (exact) mass is 349 g/mol. The van der Waals surface area contributed by atoms with Gasteiger partial charge in [-0.1, -0.05) is 19.8 Å². The van der Waals surface area contributed by atoms with Crippen LogP contribution in [0.3, 0.4) is 0 Å². The highest BCUT2D eigenvalue weighted by molar-refractivity contribution is 5.92. The molecule has 2 rings (SSSR count). The summed E-state index contributed by atoms with van der Waals surface area (Å²) in [5, 5.41) is 3.20. The molecule has 8 nitrogen and oxygen atoms in total. The average molecular weight is 349 g/mol. The molecule has 0 bridgehead atoms. The second-order valence-corrected chi connectivity index (χ2v) is 5.90. The van der Waals surface area contributed by atoms with Crippen molar-refractivity contribution in [3.05, 3.63) is 18.1 Å². The Morgan fingerprint density at radius 2 is 1.80 bits per heavy atom. The number of amides is 2. The van der Waals surface area contributed by atoms with Gasteiger partial charge in [0.15, 0.2) is 0 Å². The molecular weight excluding hydrogens is 322 g/mol. The predicted molar refractivity (Wildman–Crippen MR) is 94.5 cm³/mol. The first-order valence-corrected chi connectivity index (χ1v) is 8.92. The van der Waals surface area contributed by atoms with E-state index in [0.717, 1.165) is 13.0 Å². The van der Waals surface area contributed by atoms with E-state index >= 15 is 0 Å². The Bertz CT molecular complexity index is 556. The topological polar surface area (TPSA) is 87.7 Å². The van der Waals surface area contributed by atoms with E-state index in [0.29, 0.717) is 44.3 Å². The first kappa shape index (κ1) is 19.0. The Morgan fingerprint density at radius 3 is 2.40 bits per heavy atom. The van der Waals surface area contributed by atoms with Crippen LogP contribution in [0.4, 0.5) is 10.6 Å². The number of ether oxygens (including phenoxy) is 1. The van der Waals surface area contributed by atoms with Crippen molar-refractivity contribution in [3.8, 4) is 0 Å². The lowest BCUT2D eigenvalue weighted by atomic mass is 10.2. The van der Waals surface area contributed by atoms with Crippen molar-refractivity contribution in [3.63, 3.8) is 0 Å². The number of nitrogens with one attached hydrogen (secondary N) is 1. The fourth-order valence-electron chi connectivity index (χ4n) is 2.59. The first-order chi connectivity index (χ1) is 12.2. The number of unbranched alkanes of at least 4 members (excludes halogenated alkanes) is 2. The van der Waals surface area contributed by atoms with E-state index in [1.807, 2.05) is 0 Å². The maximum Gasteiger partial charge on any atom is 0.409 e. The molecule has 2 heterocycles. The van der Waals surface area contributed by atoms with Crippen molar-refractivity contribution in [1.82, 2.24) is 19.8 Å². The quantitative estimate of drug-likeness (QED) is 0.758. The van der Waals surface area contributed by atoms with Gasteiger partial charge in [-0.05, 0) is 13.3 Å². The molecule has 0 aromatic carbocycles. The molecule has 1 aromatic rings. The SMILES string of the molecule is CCCCCNc1cnc(C(=O)N2CCN(C(=O)OCC)CC2)cn1. The number of hydrogen-bond donors (Lipinski definition) is 1. The minimum atomic E-state index is -0.326. The molecule has 0 aliphatic carbocycles. The number of nitrogens with zero attached hydrogens (tertiary/aromatic N) is 4. The molecule has 25 heavy (non-hydrogen) atoms. The van der Waals surface area contributed by atoms with E-state index < -0.39 is 0 Å². The second kappa shape index (κ2) is 9.80. The van der Waals surface area contributed by atoms with Gasteiger partial charge in [-0.15, -0.1) is 0 Å². The number of carbonyl (C=O) groups excluding carboxylic acids is 2. The summed E-state index contributed by atoms with van der Waals surface area (Å²) in [6, 6.07) is 0. The molecular formula is C17H27N5O3. The Hall–Kier alpha value is -2.38. The van der Waals surface area contributed by atoms with Crippen molar-refractivity contribution in [1.29, 1.82) is 0 Å². The molecule has 2 amide bonds. The maximum absolute atomic E-state index is 12.5. The van der Waals surface area contributed by atoms with Gasteiger partial charge in [-0.2, -0.15) is 0 Å². The lowest BCUT2D eigenvalue weighted by molar-refractivity contribution is 0.0565. The molecule has 1 aliphatic rings. The van der Waals surface area contributed by atoms with Crippen LogP contribution in [-0.4, -0.2) is 71.1 Å². The first-order valence-electron chi connectivity index (χ1n) is 8.92. The highest BCUT2D eigenvalue weighted by atomic mass is 16.6. The average Bonchev–Trinajstić information content (AvgIpc) is 2.65. The highest BCUT2D eigenvalue weighted by Gasteiger charge is 2.26. The highest BCUT2D eigenvalue weighted by Crippen LogP contribution is 2.09. The Balaban J connectivity index is 1.82. The van der Waals surface area contributed by atoms with Gasteiger partial charge in [0.25, 0.3) is 5.91 Å². The van der Waals surface area contributed by atoms with E-state index in [-0.39, 0.29) is 12.0 Å². The lowest BCUT2D eigenvalue weighted by Crippen LogP contribution is -2.50. The Kier molecular flexibility index (Phi) is 7.43. The molecule has 0 spiro atoms. The van der Waals surface area contributed by atoms with E-state index in [2.05, 4.69) is 22.2 Å². The lowest BCUT2D eigenvalue weighted by Gasteiger charge is -2.33. The zero-order valence-corrected chi connectivity index (χ0v) is 15.0. The molecule has 1 aliphatic heterocycles. The van der Waals surface area contributed by atoms with Crippen molar-refractivity contribution < 1.29 is 14.3 Å². The summed E-state index contributed by atoms with van der Waals surface area (Å²) in [5.74, 6) is 0.522. The molecule has 1 fully saturated rings. The van der Waals surface area contributed by atoms with E-state index in [4.69, 9.17) is 4.74 Å². The van der Waals surface area contributed by atoms with Gasteiger partial charge in [0.05, 0.1) is 19.0 Å². The molecule has 138 valence electrons. The number of hydrogen-bond acceptors (Lipinski definition) is 6. The van der Waals surface area contributed by atoms with Crippen molar-refractivity contribution in [2.24, 2.45) is 0 Å². The van der Waals surface area contributed by atoms with Crippen molar-refractivity contribution >= 4 is 17.8 Å². The Morgan fingerprint density at radius 1 is 1.08 bits per heavy atom. The zero-order chi connectivity index (χ0) is 18.1. The summed E-state index contributed by atoms with van der Waals surface area (Å²) in [6.07, 6.45) is 6.20. The summed E-state index contributed by atoms with van der Waals surface area (Å²) in [4.78, 5) is 35.9. The number of rotatable bonds is 7. The maximum atomic E-state index is 12.5. The number of anilines is 1. The minimum absolute atomic E-state index is 0.159. The third-order valence-corrected chi connectivity index (χ3v) is 4.05. The molecule has 0 unspecified atom stereocenters. The second-order valence-electron chi connectivity index (χ2n) is 5.90. The molecule has 0 radical (unpaired) electrons. The van der Waals surface area contributed by atoms with Gasteiger partial charge in [0, 0.05) is 32.7 Å². The number of aromatic nitrogens is 2. The van der Waals surface area contributed by atoms with Gasteiger partial charge >= 0.3 is 6.09 Å². The van der Waals surface area contributed by atoms with Crippen LogP contribution in [0.15, 0.2) is 12.4 Å². The normalized spacial score (nSPS) is 14.3. The van der Waals surface area contributed by atoms with E-state index in [9.17, 15) is 9.59 Å². The van der Waals surface area contributed by atoms with Crippen molar-refractivity contribution in [2.45, 2.75) is 33.1 Å². The van der Waals surface area contributed by atoms with Crippen LogP contribution in [0.5, 0.6) is 0 Å². The van der Waals surface area contributed by atoms with Crippen LogP contribution in [0.2, 0.25) is 0 Å². The van der Waals surface area contributed by atoms with Crippen LogP contribution in [0.1, 0.15) is 43.6 Å². The van der Waals surface area contributed by atoms with Gasteiger partial charge in [-0.3, -0.25) is 4.79 Å². The van der Waals surface area contributed by atoms with Crippen molar-refractivity contribution in [2.75, 3.05) is 44.6 Å². The molecule has 0 atom stereocenters. The van der Waals surface area contributed by atoms with Gasteiger partial charge in [0.1, 0.15) is 11.5 Å². The van der Waals surface area contributed by atoms with Gasteiger partial charge < -0.3 is 19.9 Å². The number of carbonyl (C=O) groups is 2. The molecule has 1 saturated heterocycles. The van der Waals surface area contributed by atoms with Gasteiger partial charge in [0.2, 0.25) is 0 Å². The summed E-state index contributed by atoms with van der Waals surface area (Å²) in [7, 11) is 0. The van der Waals surface area contributed by atoms with E-state index in [1.165, 1.54) is 19.0 Å². The molecule has 8 heteroatoms. The predicted octanol–water partition coefficient (Wildman–Crippen LogP) is 1.99. The standard InChI is InChI=1S/C17H27N5O3/c1-3-5-6-7-18-15-13-19-14(12-20-15)16(23)21-8-10-22(11-9-21)17(24)25-4-2/h12-13H,3-11H2,1-2H3,(H,18,20). The summed E-state index contributed by atoms with van der Waals surface area (Å²) in [6.45, 7) is 7.01. The zero-order valence-electron chi connectivity index (χ0n) is 15.0. The van der Waals surface area contributed by atoms with Crippen LogP contribution >= 0.6 is 0 Å². The van der Waals surface area contributed by atoms with Crippen LogP contribution in [0, 0.1) is 0 Å². The molecule has 1 N–H and O–H groups in total. The largest absolute Gasteiger partial charge is 0.450 e. The van der Waals surface area contributed by atoms with Crippen LogP contribution in [0.25, 0.3) is 0 Å². The fourth-order valence-corrected chi connectivity index (χ4v) is 2.59. The van der Waals surface area contributed by atoms with E-state index in [1.54, 1.807) is 22.9 Å². The third kappa shape index (κ3) is 5.58. The number of piperazine rings is 1. The van der Waals surface area contributed by atoms with Crippen LogP contribution < -0.4 is 5.32 Å². The summed E-state index contributed by atoms with van der Waals surface area (Å²) >= 11 is 0. The summed E-state index contributed by atoms with van der Waals surface area (Å²) < 4.78 is 4.98. The van der Waals surface area contributed by atoms with Crippen LogP contribution in [-0.2, 0) is 4.74 Å². The summed E-state index contributed by atoms with van der Waals surface area (Å²) in [5.41, 5.74) is 0.323.